The molecule has 0 radical (unpaired) electrons. The minimum atomic E-state index is 0.554. The molecule has 57 heavy (non-hydrogen) atoms. The number of hydrogen-bond acceptors (Lipinski definition) is 5. The van der Waals surface area contributed by atoms with Crippen LogP contribution in [0.15, 0.2) is 191 Å². The number of nitrogens with zero attached hydrogens (tertiary/aromatic N) is 4. The molecule has 8 aromatic carbocycles. The van der Waals surface area contributed by atoms with Crippen molar-refractivity contribution in [3.05, 3.63) is 182 Å². The summed E-state index contributed by atoms with van der Waals surface area (Å²) in [5.74, 6) is 1.69. The van der Waals surface area contributed by atoms with Crippen LogP contribution in [0, 0.1) is 0 Å². The van der Waals surface area contributed by atoms with Crippen LogP contribution in [-0.2, 0) is 0 Å². The van der Waals surface area contributed by atoms with Gasteiger partial charge in [-0.2, -0.15) is 0 Å². The fraction of sp³-hybridized carbons (Fsp3) is 0. The van der Waals surface area contributed by atoms with Gasteiger partial charge in [0.2, 0.25) is 0 Å². The van der Waals surface area contributed by atoms with Gasteiger partial charge in [0.1, 0.15) is 22.3 Å². The van der Waals surface area contributed by atoms with Gasteiger partial charge in [0.05, 0.1) is 11.0 Å². The number of para-hydroxylation sites is 3. The van der Waals surface area contributed by atoms with Crippen LogP contribution in [0.2, 0.25) is 0 Å². The van der Waals surface area contributed by atoms with Crippen LogP contribution < -0.4 is 0 Å². The summed E-state index contributed by atoms with van der Waals surface area (Å²) in [6.07, 6.45) is 0. The lowest BCUT2D eigenvalue weighted by Crippen LogP contribution is -2.00. The van der Waals surface area contributed by atoms with E-state index in [0.29, 0.717) is 17.5 Å². The largest absolute Gasteiger partial charge is 0.456 e. The van der Waals surface area contributed by atoms with E-state index in [4.69, 9.17) is 23.8 Å². The Bertz CT molecular complexity index is 3530. The molecular formula is C51H30N4O2. The van der Waals surface area contributed by atoms with E-state index in [-0.39, 0.29) is 0 Å². The molecule has 0 saturated heterocycles. The van der Waals surface area contributed by atoms with Crippen LogP contribution in [0.4, 0.5) is 0 Å². The van der Waals surface area contributed by atoms with Crippen molar-refractivity contribution in [1.82, 2.24) is 19.5 Å². The Labute approximate surface area is 325 Å². The molecule has 12 aromatic rings. The Hall–Kier alpha value is -7.83. The molecule has 266 valence electrons. The molecule has 0 unspecified atom stereocenters. The van der Waals surface area contributed by atoms with Gasteiger partial charge in [-0.25, -0.2) is 15.0 Å². The van der Waals surface area contributed by atoms with Crippen molar-refractivity contribution in [1.29, 1.82) is 0 Å². The molecule has 0 aliphatic heterocycles. The zero-order valence-corrected chi connectivity index (χ0v) is 30.4. The van der Waals surface area contributed by atoms with E-state index in [1.165, 1.54) is 5.39 Å². The van der Waals surface area contributed by atoms with Gasteiger partial charge in [0, 0.05) is 54.7 Å². The summed E-state index contributed by atoms with van der Waals surface area (Å²) in [5, 5.41) is 6.54. The number of furan rings is 2. The van der Waals surface area contributed by atoms with Gasteiger partial charge in [-0.05, 0) is 77.9 Å². The fourth-order valence-electron chi connectivity index (χ4n) is 8.33. The molecule has 4 heterocycles. The standard InChI is InChI=1S/C51H30N4O2/c1-3-12-31(13-4-1)32-14-11-15-33(26-32)49-52-50(34-22-24-39-38-19-8-10-21-45(38)56-46(39)27-34)54-51(53-49)35-23-25-40-42-29-44-41(30-48(42)57-47(40)28-35)37-18-7-9-20-43(37)55(44)36-16-5-2-6-17-36/h1-30H. The highest BCUT2D eigenvalue weighted by molar-refractivity contribution is 6.17. The van der Waals surface area contributed by atoms with Crippen LogP contribution in [-0.4, -0.2) is 19.5 Å². The third-order valence-electron chi connectivity index (χ3n) is 11.0. The van der Waals surface area contributed by atoms with Crippen molar-refractivity contribution >= 4 is 65.7 Å². The molecule has 0 amide bonds. The van der Waals surface area contributed by atoms with Gasteiger partial charge in [0.25, 0.3) is 0 Å². The number of hydrogen-bond donors (Lipinski definition) is 0. The summed E-state index contributed by atoms with van der Waals surface area (Å²) < 4.78 is 15.3. The van der Waals surface area contributed by atoms with Gasteiger partial charge in [-0.1, -0.05) is 115 Å². The van der Waals surface area contributed by atoms with Crippen molar-refractivity contribution in [2.75, 3.05) is 0 Å². The second kappa shape index (κ2) is 12.3. The average Bonchev–Trinajstić information content (AvgIpc) is 3.94. The van der Waals surface area contributed by atoms with Gasteiger partial charge < -0.3 is 13.4 Å². The highest BCUT2D eigenvalue weighted by Crippen LogP contribution is 2.40. The summed E-state index contributed by atoms with van der Waals surface area (Å²) in [6.45, 7) is 0. The first-order valence-electron chi connectivity index (χ1n) is 19.0. The Balaban J connectivity index is 1.03. The van der Waals surface area contributed by atoms with Gasteiger partial charge in [-0.15, -0.1) is 0 Å². The Kier molecular flexibility index (Phi) is 6.83. The average molecular weight is 731 g/mol. The minimum absolute atomic E-state index is 0.554. The Morgan fingerprint density at radius 3 is 1.56 bits per heavy atom. The van der Waals surface area contributed by atoms with Crippen molar-refractivity contribution in [3.63, 3.8) is 0 Å². The molecule has 0 aliphatic rings. The summed E-state index contributed by atoms with van der Waals surface area (Å²) in [6, 6.07) is 62.7. The summed E-state index contributed by atoms with van der Waals surface area (Å²) in [7, 11) is 0. The van der Waals surface area contributed by atoms with E-state index in [9.17, 15) is 0 Å². The molecule has 0 atom stereocenters. The SMILES string of the molecule is c1ccc(-c2cccc(-c3nc(-c4ccc5c(c4)oc4ccccc45)nc(-c4ccc5c(c4)oc4cc6c7ccccc7n(-c7ccccc7)c6cc45)n3)c2)cc1. The summed E-state index contributed by atoms with van der Waals surface area (Å²) >= 11 is 0. The molecule has 0 saturated carbocycles. The highest BCUT2D eigenvalue weighted by Gasteiger charge is 2.19. The smallest absolute Gasteiger partial charge is 0.164 e. The zero-order chi connectivity index (χ0) is 37.5. The summed E-state index contributed by atoms with van der Waals surface area (Å²) in [5.41, 5.74) is 11.4. The van der Waals surface area contributed by atoms with E-state index >= 15 is 0 Å². The molecule has 6 heteroatoms. The van der Waals surface area contributed by atoms with Crippen LogP contribution in [0.25, 0.3) is 117 Å². The van der Waals surface area contributed by atoms with Crippen molar-refractivity contribution < 1.29 is 8.83 Å². The van der Waals surface area contributed by atoms with Crippen molar-refractivity contribution in [2.45, 2.75) is 0 Å². The van der Waals surface area contributed by atoms with E-state index in [0.717, 1.165) is 93.8 Å². The van der Waals surface area contributed by atoms with E-state index in [1.54, 1.807) is 0 Å². The normalized spacial score (nSPS) is 11.9. The molecule has 0 fully saturated rings. The number of benzene rings is 8. The molecule has 6 nitrogen and oxygen atoms in total. The Morgan fingerprint density at radius 1 is 0.298 bits per heavy atom. The highest BCUT2D eigenvalue weighted by atomic mass is 16.3. The predicted octanol–water partition coefficient (Wildman–Crippen LogP) is 13.4. The summed E-state index contributed by atoms with van der Waals surface area (Å²) in [4.78, 5) is 15.3. The monoisotopic (exact) mass is 730 g/mol. The van der Waals surface area contributed by atoms with Crippen LogP contribution in [0.5, 0.6) is 0 Å². The van der Waals surface area contributed by atoms with E-state index < -0.39 is 0 Å². The molecule has 0 aliphatic carbocycles. The van der Waals surface area contributed by atoms with E-state index in [2.05, 4.69) is 156 Å². The Morgan fingerprint density at radius 2 is 0.825 bits per heavy atom. The van der Waals surface area contributed by atoms with Crippen molar-refractivity contribution in [3.8, 4) is 51.0 Å². The zero-order valence-electron chi connectivity index (χ0n) is 30.4. The lowest BCUT2D eigenvalue weighted by atomic mass is 10.0. The molecular weight excluding hydrogens is 701 g/mol. The first-order valence-corrected chi connectivity index (χ1v) is 19.0. The molecule has 0 N–H and O–H groups in total. The quantitative estimate of drug-likeness (QED) is 0.176. The lowest BCUT2D eigenvalue weighted by molar-refractivity contribution is 0.669. The predicted molar refractivity (Wildman–Crippen MR) is 230 cm³/mol. The molecule has 0 spiro atoms. The van der Waals surface area contributed by atoms with E-state index in [1.807, 2.05) is 30.3 Å². The second-order valence-corrected chi connectivity index (χ2v) is 14.4. The minimum Gasteiger partial charge on any atom is -0.456 e. The fourth-order valence-corrected chi connectivity index (χ4v) is 8.33. The maximum Gasteiger partial charge on any atom is 0.164 e. The van der Waals surface area contributed by atoms with Crippen LogP contribution >= 0.6 is 0 Å². The van der Waals surface area contributed by atoms with Gasteiger partial charge >= 0.3 is 0 Å². The second-order valence-electron chi connectivity index (χ2n) is 14.4. The number of rotatable bonds is 5. The third kappa shape index (κ3) is 5.08. The molecule has 0 bridgehead atoms. The first kappa shape index (κ1) is 31.5. The number of aromatic nitrogens is 4. The molecule has 12 rings (SSSR count). The third-order valence-corrected chi connectivity index (χ3v) is 11.0. The molecule has 4 aromatic heterocycles. The van der Waals surface area contributed by atoms with Crippen molar-refractivity contribution in [2.24, 2.45) is 0 Å². The lowest BCUT2D eigenvalue weighted by Gasteiger charge is -2.10. The topological polar surface area (TPSA) is 69.9 Å². The van der Waals surface area contributed by atoms with Gasteiger partial charge in [0.15, 0.2) is 17.5 Å². The van der Waals surface area contributed by atoms with Crippen LogP contribution in [0.3, 0.4) is 0 Å². The first-order chi connectivity index (χ1) is 28.2. The maximum absolute atomic E-state index is 6.67. The number of fused-ring (bicyclic) bond motifs is 9. The van der Waals surface area contributed by atoms with Crippen LogP contribution in [0.1, 0.15) is 0 Å². The maximum atomic E-state index is 6.67. The van der Waals surface area contributed by atoms with Gasteiger partial charge in [-0.3, -0.25) is 0 Å².